The van der Waals surface area contributed by atoms with Crippen LogP contribution in [0.25, 0.3) is 0 Å². The van der Waals surface area contributed by atoms with Crippen molar-refractivity contribution >= 4 is 0 Å². The highest BCUT2D eigenvalue weighted by Gasteiger charge is 2.14. The maximum atomic E-state index is 3.90. The molecule has 0 aliphatic carbocycles. The second kappa shape index (κ2) is 3.80. The van der Waals surface area contributed by atoms with Crippen molar-refractivity contribution < 1.29 is 0 Å². The Morgan fingerprint density at radius 3 is 3.23 bits per heavy atom. The lowest BCUT2D eigenvalue weighted by Gasteiger charge is -2.09. The van der Waals surface area contributed by atoms with Gasteiger partial charge in [0, 0.05) is 19.6 Å². The molecule has 1 aromatic heterocycles. The molecule has 72 valence electrons. The van der Waals surface area contributed by atoms with Gasteiger partial charge in [0.2, 0.25) is 0 Å². The number of hydrogen-bond acceptors (Lipinski definition) is 5. The predicted molar refractivity (Wildman–Crippen MR) is 46.9 cm³/mol. The molecule has 0 saturated carbocycles. The van der Waals surface area contributed by atoms with Gasteiger partial charge in [-0.1, -0.05) is 0 Å². The minimum absolute atomic E-state index is 0.566. The zero-order chi connectivity index (χ0) is 9.10. The van der Waals surface area contributed by atoms with E-state index in [1.807, 2.05) is 7.05 Å². The highest BCUT2D eigenvalue weighted by molar-refractivity contribution is 4.83. The predicted octanol–water partition coefficient (Wildman–Crippen LogP) is -1.34. The number of tetrazole rings is 1. The van der Waals surface area contributed by atoms with E-state index in [0.29, 0.717) is 6.04 Å². The van der Waals surface area contributed by atoms with Crippen LogP contribution in [0.15, 0.2) is 0 Å². The molecule has 1 atom stereocenters. The number of rotatable bonds is 3. The van der Waals surface area contributed by atoms with E-state index in [9.17, 15) is 0 Å². The summed E-state index contributed by atoms with van der Waals surface area (Å²) < 4.78 is 1.69. The molecule has 0 radical (unpaired) electrons. The van der Waals surface area contributed by atoms with Crippen LogP contribution in [0.5, 0.6) is 0 Å². The number of nitrogens with zero attached hydrogens (tertiary/aromatic N) is 4. The highest BCUT2D eigenvalue weighted by atomic mass is 15.5. The summed E-state index contributed by atoms with van der Waals surface area (Å²) >= 11 is 0. The van der Waals surface area contributed by atoms with Gasteiger partial charge >= 0.3 is 0 Å². The SMILES string of the molecule is Cn1nnnc1CNC1CCNC1. The summed E-state index contributed by atoms with van der Waals surface area (Å²) in [5, 5.41) is 17.9. The molecule has 6 nitrogen and oxygen atoms in total. The molecule has 1 aliphatic rings. The smallest absolute Gasteiger partial charge is 0.164 e. The van der Waals surface area contributed by atoms with Crippen molar-refractivity contribution in [3.05, 3.63) is 5.82 Å². The Kier molecular flexibility index (Phi) is 2.51. The zero-order valence-corrected chi connectivity index (χ0v) is 7.69. The van der Waals surface area contributed by atoms with Gasteiger partial charge in [-0.3, -0.25) is 0 Å². The summed E-state index contributed by atoms with van der Waals surface area (Å²) in [5.74, 6) is 0.881. The van der Waals surface area contributed by atoms with Gasteiger partial charge in [0.1, 0.15) is 0 Å². The van der Waals surface area contributed by atoms with Gasteiger partial charge in [0.05, 0.1) is 6.54 Å². The Labute approximate surface area is 76.7 Å². The molecule has 1 fully saturated rings. The third kappa shape index (κ3) is 2.02. The van der Waals surface area contributed by atoms with Gasteiger partial charge in [-0.05, 0) is 23.4 Å². The van der Waals surface area contributed by atoms with Crippen LogP contribution < -0.4 is 10.6 Å². The van der Waals surface area contributed by atoms with Gasteiger partial charge in [0.15, 0.2) is 5.82 Å². The van der Waals surface area contributed by atoms with E-state index in [1.54, 1.807) is 4.68 Å². The van der Waals surface area contributed by atoms with E-state index in [2.05, 4.69) is 26.2 Å². The Bertz CT molecular complexity index is 264. The van der Waals surface area contributed by atoms with Crippen LogP contribution in [0.2, 0.25) is 0 Å². The van der Waals surface area contributed by atoms with Crippen molar-refractivity contribution in [1.82, 2.24) is 30.8 Å². The van der Waals surface area contributed by atoms with E-state index >= 15 is 0 Å². The molecule has 1 aliphatic heterocycles. The molecular formula is C7H14N6. The second-order valence-electron chi connectivity index (χ2n) is 3.29. The minimum atomic E-state index is 0.566. The van der Waals surface area contributed by atoms with Crippen LogP contribution >= 0.6 is 0 Å². The topological polar surface area (TPSA) is 67.7 Å². The van der Waals surface area contributed by atoms with Gasteiger partial charge in [0.25, 0.3) is 0 Å². The minimum Gasteiger partial charge on any atom is -0.315 e. The first kappa shape index (κ1) is 8.58. The Balaban J connectivity index is 1.82. The van der Waals surface area contributed by atoms with Gasteiger partial charge in [-0.2, -0.15) is 0 Å². The largest absolute Gasteiger partial charge is 0.315 e. The quantitative estimate of drug-likeness (QED) is 0.605. The van der Waals surface area contributed by atoms with E-state index in [0.717, 1.165) is 25.5 Å². The first-order valence-electron chi connectivity index (χ1n) is 4.51. The van der Waals surface area contributed by atoms with E-state index in [-0.39, 0.29) is 0 Å². The summed E-state index contributed by atoms with van der Waals surface area (Å²) in [7, 11) is 1.85. The lowest BCUT2D eigenvalue weighted by molar-refractivity contribution is 0.521. The fraction of sp³-hybridized carbons (Fsp3) is 0.857. The van der Waals surface area contributed by atoms with Crippen molar-refractivity contribution in [1.29, 1.82) is 0 Å². The third-order valence-electron chi connectivity index (χ3n) is 2.32. The molecule has 0 spiro atoms. The summed E-state index contributed by atoms with van der Waals surface area (Å²) in [4.78, 5) is 0. The summed E-state index contributed by atoms with van der Waals surface area (Å²) in [6, 6.07) is 0.566. The van der Waals surface area contributed by atoms with Crippen molar-refractivity contribution in [2.45, 2.75) is 19.0 Å². The van der Waals surface area contributed by atoms with Crippen LogP contribution in [0, 0.1) is 0 Å². The normalized spacial score (nSPS) is 22.4. The van der Waals surface area contributed by atoms with Crippen LogP contribution in [0.4, 0.5) is 0 Å². The monoisotopic (exact) mass is 182 g/mol. The van der Waals surface area contributed by atoms with Crippen molar-refractivity contribution in [2.75, 3.05) is 13.1 Å². The van der Waals surface area contributed by atoms with Gasteiger partial charge in [-0.25, -0.2) is 4.68 Å². The van der Waals surface area contributed by atoms with Crippen LogP contribution in [0.3, 0.4) is 0 Å². The van der Waals surface area contributed by atoms with Crippen LogP contribution in [0.1, 0.15) is 12.2 Å². The molecule has 0 bridgehead atoms. The number of nitrogens with one attached hydrogen (secondary N) is 2. The fourth-order valence-electron chi connectivity index (χ4n) is 1.46. The molecule has 6 heteroatoms. The van der Waals surface area contributed by atoms with E-state index < -0.39 is 0 Å². The average Bonchev–Trinajstić information content (AvgIpc) is 2.72. The molecule has 2 rings (SSSR count). The maximum absolute atomic E-state index is 3.90. The number of aryl methyl sites for hydroxylation is 1. The summed E-state index contributed by atoms with van der Waals surface area (Å²) in [6.07, 6.45) is 1.19. The molecule has 1 aromatic rings. The van der Waals surface area contributed by atoms with E-state index in [1.165, 1.54) is 6.42 Å². The zero-order valence-electron chi connectivity index (χ0n) is 7.69. The lowest BCUT2D eigenvalue weighted by Crippen LogP contribution is -2.31. The van der Waals surface area contributed by atoms with Crippen LogP contribution in [-0.2, 0) is 13.6 Å². The molecule has 2 N–H and O–H groups in total. The molecule has 0 amide bonds. The second-order valence-corrected chi connectivity index (χ2v) is 3.29. The maximum Gasteiger partial charge on any atom is 0.164 e. The summed E-state index contributed by atoms with van der Waals surface area (Å²) in [6.45, 7) is 2.90. The molecule has 13 heavy (non-hydrogen) atoms. The molecule has 1 unspecified atom stereocenters. The standard InChI is InChI=1S/C7H14N6/c1-13-7(10-11-12-13)5-9-6-2-3-8-4-6/h6,8-9H,2-5H2,1H3. The summed E-state index contributed by atoms with van der Waals surface area (Å²) in [5.41, 5.74) is 0. The van der Waals surface area contributed by atoms with Crippen molar-refractivity contribution in [3.63, 3.8) is 0 Å². The first-order chi connectivity index (χ1) is 6.36. The molecule has 2 heterocycles. The van der Waals surface area contributed by atoms with Crippen LogP contribution in [-0.4, -0.2) is 39.3 Å². The van der Waals surface area contributed by atoms with Crippen molar-refractivity contribution in [3.8, 4) is 0 Å². The lowest BCUT2D eigenvalue weighted by atomic mass is 10.2. The highest BCUT2D eigenvalue weighted by Crippen LogP contribution is 1.98. The first-order valence-corrected chi connectivity index (χ1v) is 4.51. The Morgan fingerprint density at radius 1 is 1.69 bits per heavy atom. The molecule has 0 aromatic carbocycles. The number of aromatic nitrogens is 4. The average molecular weight is 182 g/mol. The number of hydrogen-bond donors (Lipinski definition) is 2. The van der Waals surface area contributed by atoms with Crippen molar-refractivity contribution in [2.24, 2.45) is 7.05 Å². The van der Waals surface area contributed by atoms with Gasteiger partial charge < -0.3 is 10.6 Å². The Hall–Kier alpha value is -1.01. The third-order valence-corrected chi connectivity index (χ3v) is 2.32. The Morgan fingerprint density at radius 2 is 2.62 bits per heavy atom. The molecular weight excluding hydrogens is 168 g/mol. The van der Waals surface area contributed by atoms with E-state index in [4.69, 9.17) is 0 Å². The van der Waals surface area contributed by atoms with Gasteiger partial charge in [-0.15, -0.1) is 5.10 Å². The molecule has 1 saturated heterocycles. The fourth-order valence-corrected chi connectivity index (χ4v) is 1.46.